The number of carbonyl (C=O) groups excluding carboxylic acids is 1. The Balaban J connectivity index is 1.49. The summed E-state index contributed by atoms with van der Waals surface area (Å²) in [5.74, 6) is 1.95. The van der Waals surface area contributed by atoms with Crippen molar-refractivity contribution in [2.75, 3.05) is 13.1 Å². The second-order valence-electron chi connectivity index (χ2n) is 7.22. The quantitative estimate of drug-likeness (QED) is 0.707. The molecule has 0 bridgehead atoms. The van der Waals surface area contributed by atoms with E-state index in [0.717, 1.165) is 30.8 Å². The molecule has 1 aliphatic heterocycles. The lowest BCUT2D eigenvalue weighted by Crippen LogP contribution is -2.39. The minimum absolute atomic E-state index is 0.0550. The van der Waals surface area contributed by atoms with Crippen molar-refractivity contribution >= 4 is 5.91 Å². The average Bonchev–Trinajstić information content (AvgIpc) is 3.39. The molecule has 140 valence electrons. The molecule has 3 aromatic rings. The normalized spacial score (nSPS) is 17.4. The number of amides is 1. The molecule has 27 heavy (non-hydrogen) atoms. The van der Waals surface area contributed by atoms with Crippen molar-refractivity contribution in [3.8, 4) is 11.3 Å². The Kier molecular flexibility index (Phi) is 4.75. The van der Waals surface area contributed by atoms with Crippen LogP contribution in [0.5, 0.6) is 0 Å². The number of hydrogen-bond donors (Lipinski definition) is 0. The lowest BCUT2D eigenvalue weighted by Gasteiger charge is -2.32. The lowest BCUT2D eigenvalue weighted by molar-refractivity contribution is 0.0703. The van der Waals surface area contributed by atoms with Crippen LogP contribution in [0.15, 0.2) is 47.6 Å². The zero-order chi connectivity index (χ0) is 18.8. The van der Waals surface area contributed by atoms with Gasteiger partial charge >= 0.3 is 0 Å². The maximum Gasteiger partial charge on any atom is 0.253 e. The topological polar surface area (TPSA) is 77.1 Å². The fourth-order valence-electron chi connectivity index (χ4n) is 3.63. The highest BCUT2D eigenvalue weighted by Gasteiger charge is 2.28. The molecule has 7 heteroatoms. The number of likely N-dealkylation sites (tertiary alicyclic amines) is 1. The van der Waals surface area contributed by atoms with Crippen molar-refractivity contribution in [1.82, 2.24) is 24.6 Å². The van der Waals surface area contributed by atoms with Gasteiger partial charge in [0.1, 0.15) is 12.2 Å². The first kappa shape index (κ1) is 17.5. The van der Waals surface area contributed by atoms with Crippen LogP contribution in [-0.4, -0.2) is 43.6 Å². The molecular weight excluding hydrogens is 342 g/mol. The van der Waals surface area contributed by atoms with Crippen LogP contribution in [0.25, 0.3) is 11.3 Å². The molecule has 0 aliphatic carbocycles. The predicted octanol–water partition coefficient (Wildman–Crippen LogP) is 3.53. The summed E-state index contributed by atoms with van der Waals surface area (Å²) in [5.41, 5.74) is 1.59. The molecule has 4 rings (SSSR count). The molecule has 1 aromatic carbocycles. The van der Waals surface area contributed by atoms with Gasteiger partial charge in [-0.1, -0.05) is 12.1 Å². The van der Waals surface area contributed by atoms with Crippen LogP contribution in [0.4, 0.5) is 0 Å². The van der Waals surface area contributed by atoms with Gasteiger partial charge in [-0.25, -0.2) is 4.98 Å². The standard InChI is InChI=1S/C20H23N5O2/c1-14(2)25-12-22-23-19(25)17-4-3-9-24(11-17)20(26)16-7-5-15(6-8-16)18-10-21-13-27-18/h5-8,10,12-14,17H,3-4,9,11H2,1-2H3. The molecule has 0 N–H and O–H groups in total. The van der Waals surface area contributed by atoms with Crippen molar-refractivity contribution in [3.05, 3.63) is 54.6 Å². The van der Waals surface area contributed by atoms with Gasteiger partial charge in [-0.3, -0.25) is 4.79 Å². The second kappa shape index (κ2) is 7.34. The Morgan fingerprint density at radius 3 is 2.78 bits per heavy atom. The largest absolute Gasteiger partial charge is 0.444 e. The van der Waals surface area contributed by atoms with E-state index in [1.54, 1.807) is 12.5 Å². The van der Waals surface area contributed by atoms with Gasteiger partial charge in [0, 0.05) is 36.2 Å². The van der Waals surface area contributed by atoms with E-state index < -0.39 is 0 Å². The van der Waals surface area contributed by atoms with Gasteiger partial charge in [0.05, 0.1) is 6.20 Å². The number of nitrogens with zero attached hydrogens (tertiary/aromatic N) is 5. The van der Waals surface area contributed by atoms with E-state index in [1.165, 1.54) is 6.39 Å². The molecule has 1 fully saturated rings. The zero-order valence-corrected chi connectivity index (χ0v) is 15.6. The molecule has 1 aliphatic rings. The van der Waals surface area contributed by atoms with Gasteiger partial charge in [0.25, 0.3) is 5.91 Å². The number of hydrogen-bond acceptors (Lipinski definition) is 5. The predicted molar refractivity (Wildman–Crippen MR) is 100 cm³/mol. The van der Waals surface area contributed by atoms with E-state index in [9.17, 15) is 4.79 Å². The molecule has 2 aromatic heterocycles. The average molecular weight is 365 g/mol. The Labute approximate surface area is 158 Å². The van der Waals surface area contributed by atoms with Gasteiger partial charge in [0.15, 0.2) is 12.2 Å². The molecule has 1 amide bonds. The van der Waals surface area contributed by atoms with Gasteiger partial charge in [-0.05, 0) is 38.8 Å². The third kappa shape index (κ3) is 3.49. The van der Waals surface area contributed by atoms with Crippen LogP contribution in [0.3, 0.4) is 0 Å². The summed E-state index contributed by atoms with van der Waals surface area (Å²) in [4.78, 5) is 18.8. The monoisotopic (exact) mass is 365 g/mol. The number of rotatable bonds is 4. The van der Waals surface area contributed by atoms with Crippen LogP contribution < -0.4 is 0 Å². The van der Waals surface area contributed by atoms with Crippen LogP contribution in [-0.2, 0) is 0 Å². The fraction of sp³-hybridized carbons (Fsp3) is 0.400. The van der Waals surface area contributed by atoms with Crippen molar-refractivity contribution in [1.29, 1.82) is 0 Å². The Bertz CT molecular complexity index is 899. The molecule has 1 atom stereocenters. The number of oxazole rings is 1. The minimum Gasteiger partial charge on any atom is -0.444 e. The first-order valence-electron chi connectivity index (χ1n) is 9.31. The van der Waals surface area contributed by atoms with E-state index in [-0.39, 0.29) is 11.8 Å². The van der Waals surface area contributed by atoms with Crippen LogP contribution in [0, 0.1) is 0 Å². The molecule has 0 spiro atoms. The third-order valence-corrected chi connectivity index (χ3v) is 5.08. The van der Waals surface area contributed by atoms with Gasteiger partial charge in [-0.2, -0.15) is 0 Å². The second-order valence-corrected chi connectivity index (χ2v) is 7.22. The molecular formula is C20H23N5O2. The lowest BCUT2D eigenvalue weighted by atomic mass is 9.96. The first-order valence-corrected chi connectivity index (χ1v) is 9.31. The Morgan fingerprint density at radius 1 is 1.26 bits per heavy atom. The van der Waals surface area contributed by atoms with E-state index in [2.05, 4.69) is 33.6 Å². The Hall–Kier alpha value is -2.96. The highest BCUT2D eigenvalue weighted by atomic mass is 16.3. The van der Waals surface area contributed by atoms with Crippen molar-refractivity contribution in [2.45, 2.75) is 38.6 Å². The highest BCUT2D eigenvalue weighted by Crippen LogP contribution is 2.28. The summed E-state index contributed by atoms with van der Waals surface area (Å²) in [6.07, 6.45) is 6.84. The smallest absolute Gasteiger partial charge is 0.253 e. The highest BCUT2D eigenvalue weighted by molar-refractivity contribution is 5.94. The summed E-state index contributed by atoms with van der Waals surface area (Å²) >= 11 is 0. The molecule has 0 saturated carbocycles. The van der Waals surface area contributed by atoms with Crippen molar-refractivity contribution in [2.24, 2.45) is 0 Å². The van der Waals surface area contributed by atoms with Crippen LogP contribution in [0.1, 0.15) is 54.8 Å². The van der Waals surface area contributed by atoms with E-state index in [1.807, 2.05) is 29.2 Å². The summed E-state index contributed by atoms with van der Waals surface area (Å²) in [6.45, 7) is 5.69. The summed E-state index contributed by atoms with van der Waals surface area (Å²) in [7, 11) is 0. The number of piperidine rings is 1. The van der Waals surface area contributed by atoms with Crippen molar-refractivity contribution < 1.29 is 9.21 Å². The van der Waals surface area contributed by atoms with Crippen LogP contribution >= 0.6 is 0 Å². The van der Waals surface area contributed by atoms with Gasteiger partial charge < -0.3 is 13.9 Å². The first-order chi connectivity index (χ1) is 13.1. The SMILES string of the molecule is CC(C)n1cnnc1C1CCCN(C(=O)c2ccc(-c3cnco3)cc2)C1. The molecule has 3 heterocycles. The summed E-state index contributed by atoms with van der Waals surface area (Å²) in [5, 5.41) is 8.40. The minimum atomic E-state index is 0.0550. The summed E-state index contributed by atoms with van der Waals surface area (Å²) < 4.78 is 7.40. The van der Waals surface area contributed by atoms with Crippen molar-refractivity contribution in [3.63, 3.8) is 0 Å². The van der Waals surface area contributed by atoms with Crippen LogP contribution in [0.2, 0.25) is 0 Å². The zero-order valence-electron chi connectivity index (χ0n) is 15.6. The molecule has 0 radical (unpaired) electrons. The van der Waals surface area contributed by atoms with Gasteiger partial charge in [0.2, 0.25) is 0 Å². The maximum absolute atomic E-state index is 13.0. The molecule has 1 unspecified atom stereocenters. The third-order valence-electron chi connectivity index (χ3n) is 5.08. The number of carbonyl (C=O) groups is 1. The maximum atomic E-state index is 13.0. The number of benzene rings is 1. The Morgan fingerprint density at radius 2 is 2.07 bits per heavy atom. The van der Waals surface area contributed by atoms with E-state index in [4.69, 9.17) is 4.42 Å². The van der Waals surface area contributed by atoms with E-state index in [0.29, 0.717) is 23.9 Å². The molecule has 7 nitrogen and oxygen atoms in total. The number of aromatic nitrogens is 4. The summed E-state index contributed by atoms with van der Waals surface area (Å²) in [6, 6.07) is 7.79. The van der Waals surface area contributed by atoms with E-state index >= 15 is 0 Å². The fourth-order valence-corrected chi connectivity index (χ4v) is 3.63. The van der Waals surface area contributed by atoms with Gasteiger partial charge in [-0.15, -0.1) is 10.2 Å². The molecule has 1 saturated heterocycles.